The van der Waals surface area contributed by atoms with Gasteiger partial charge in [0.05, 0.1) is 12.5 Å². The van der Waals surface area contributed by atoms with Crippen LogP contribution in [0.15, 0.2) is 24.3 Å². The average Bonchev–Trinajstić information content (AvgIpc) is 2.11. The minimum Gasteiger partial charge on any atom is -0.497 e. The van der Waals surface area contributed by atoms with Gasteiger partial charge in [-0.15, -0.1) is 0 Å². The van der Waals surface area contributed by atoms with E-state index in [9.17, 15) is 0 Å². The maximum absolute atomic E-state index is 7.37. The quantitative estimate of drug-likeness (QED) is 0.644. The van der Waals surface area contributed by atoms with Gasteiger partial charge in [0.15, 0.2) is 0 Å². The molecule has 0 radical (unpaired) electrons. The largest absolute Gasteiger partial charge is 0.497 e. The Labute approximate surface area is 66.0 Å². The SMILES string of the molecule is COc1ccc(=N)cc(C)c1. The zero-order valence-electron chi connectivity index (χ0n) is 6.72. The Morgan fingerprint density at radius 1 is 1.27 bits per heavy atom. The summed E-state index contributed by atoms with van der Waals surface area (Å²) in [7, 11) is 1.62. The highest BCUT2D eigenvalue weighted by molar-refractivity contribution is 5.25. The number of nitrogens with one attached hydrogen (secondary N) is 1. The lowest BCUT2D eigenvalue weighted by atomic mass is 10.3. The van der Waals surface area contributed by atoms with E-state index in [1.54, 1.807) is 25.3 Å². The molecule has 0 aliphatic carbocycles. The molecule has 58 valence electrons. The third-order valence-corrected chi connectivity index (χ3v) is 1.42. The van der Waals surface area contributed by atoms with E-state index in [0.29, 0.717) is 5.36 Å². The molecule has 1 N–H and O–H groups in total. The molecule has 0 unspecified atom stereocenters. The summed E-state index contributed by atoms with van der Waals surface area (Å²) in [5, 5.41) is 7.88. The van der Waals surface area contributed by atoms with E-state index in [4.69, 9.17) is 10.1 Å². The monoisotopic (exact) mass is 149 g/mol. The zero-order chi connectivity index (χ0) is 8.27. The highest BCUT2D eigenvalue weighted by Gasteiger charge is 1.87. The molecule has 11 heavy (non-hydrogen) atoms. The van der Waals surface area contributed by atoms with Crippen LogP contribution in [-0.2, 0) is 0 Å². The van der Waals surface area contributed by atoms with Crippen LogP contribution in [0.4, 0.5) is 0 Å². The van der Waals surface area contributed by atoms with Gasteiger partial charge in [0.1, 0.15) is 5.75 Å². The maximum Gasteiger partial charge on any atom is 0.119 e. The lowest BCUT2D eigenvalue weighted by Crippen LogP contribution is -1.90. The van der Waals surface area contributed by atoms with E-state index < -0.39 is 0 Å². The Kier molecular flexibility index (Phi) is 2.26. The molecule has 0 bridgehead atoms. The lowest BCUT2D eigenvalue weighted by Gasteiger charge is -1.92. The van der Waals surface area contributed by atoms with Crippen LogP contribution in [0, 0.1) is 12.3 Å². The van der Waals surface area contributed by atoms with E-state index in [1.807, 2.05) is 13.0 Å². The van der Waals surface area contributed by atoms with Crippen LogP contribution in [0.25, 0.3) is 0 Å². The number of ether oxygens (including phenoxy) is 1. The molecule has 0 aliphatic rings. The Morgan fingerprint density at radius 2 is 2.00 bits per heavy atom. The van der Waals surface area contributed by atoms with E-state index in [2.05, 4.69) is 0 Å². The van der Waals surface area contributed by atoms with Gasteiger partial charge in [0.25, 0.3) is 0 Å². The summed E-state index contributed by atoms with van der Waals surface area (Å²) in [5.74, 6) is 0.793. The predicted molar refractivity (Wildman–Crippen MR) is 43.6 cm³/mol. The summed E-state index contributed by atoms with van der Waals surface area (Å²) >= 11 is 0. The van der Waals surface area contributed by atoms with Crippen LogP contribution >= 0.6 is 0 Å². The highest BCUT2D eigenvalue weighted by atomic mass is 16.5. The summed E-state index contributed by atoms with van der Waals surface area (Å²) in [6.45, 7) is 1.94. The van der Waals surface area contributed by atoms with Gasteiger partial charge in [-0.05, 0) is 36.8 Å². The molecule has 2 heteroatoms. The molecule has 1 aromatic rings. The van der Waals surface area contributed by atoms with Crippen LogP contribution in [-0.4, -0.2) is 7.11 Å². The smallest absolute Gasteiger partial charge is 0.119 e. The highest BCUT2D eigenvalue weighted by Crippen LogP contribution is 2.07. The van der Waals surface area contributed by atoms with Gasteiger partial charge < -0.3 is 10.1 Å². The molecule has 0 aromatic heterocycles. The van der Waals surface area contributed by atoms with Gasteiger partial charge in [-0.3, -0.25) is 0 Å². The zero-order valence-corrected chi connectivity index (χ0v) is 6.72. The Hall–Kier alpha value is -1.31. The van der Waals surface area contributed by atoms with Gasteiger partial charge >= 0.3 is 0 Å². The molecule has 0 amide bonds. The van der Waals surface area contributed by atoms with Gasteiger partial charge in [-0.25, -0.2) is 0 Å². The molecule has 1 rings (SSSR count). The lowest BCUT2D eigenvalue weighted by molar-refractivity contribution is 0.415. The minimum absolute atomic E-state index is 0.505. The molecule has 0 saturated carbocycles. The van der Waals surface area contributed by atoms with Crippen molar-refractivity contribution >= 4 is 0 Å². The van der Waals surface area contributed by atoms with E-state index in [1.165, 1.54) is 0 Å². The van der Waals surface area contributed by atoms with Crippen molar-refractivity contribution in [1.29, 1.82) is 5.41 Å². The number of aryl methyl sites for hydroxylation is 1. The fourth-order valence-corrected chi connectivity index (χ4v) is 0.906. The molecule has 0 aliphatic heterocycles. The van der Waals surface area contributed by atoms with E-state index in [-0.39, 0.29) is 0 Å². The molecule has 1 aromatic carbocycles. The average molecular weight is 149 g/mol. The summed E-state index contributed by atoms with van der Waals surface area (Å²) in [5.41, 5.74) is 1.04. The first kappa shape index (κ1) is 7.79. The fourth-order valence-electron chi connectivity index (χ4n) is 0.906. The first-order valence-corrected chi connectivity index (χ1v) is 3.43. The first-order chi connectivity index (χ1) is 5.22. The number of methoxy groups -OCH3 is 1. The molecule has 2 nitrogen and oxygen atoms in total. The predicted octanol–water partition coefficient (Wildman–Crippen LogP) is 1.48. The van der Waals surface area contributed by atoms with E-state index >= 15 is 0 Å². The van der Waals surface area contributed by atoms with Crippen LogP contribution in [0.2, 0.25) is 0 Å². The maximum atomic E-state index is 7.37. The second-order valence-corrected chi connectivity index (χ2v) is 2.43. The summed E-state index contributed by atoms with van der Waals surface area (Å²) < 4.78 is 5.03. The van der Waals surface area contributed by atoms with Crippen LogP contribution in [0.1, 0.15) is 5.56 Å². The van der Waals surface area contributed by atoms with Gasteiger partial charge in [0.2, 0.25) is 0 Å². The normalized spacial score (nSPS) is 9.27. The fraction of sp³-hybridized carbons (Fsp3) is 0.222. The van der Waals surface area contributed by atoms with Crippen molar-refractivity contribution in [1.82, 2.24) is 0 Å². The summed E-state index contributed by atoms with van der Waals surface area (Å²) in [6.07, 6.45) is 0. The molecule has 0 spiro atoms. The number of rotatable bonds is 1. The molecular formula is C9H11NO. The summed E-state index contributed by atoms with van der Waals surface area (Å²) in [6, 6.07) is 7.20. The topological polar surface area (TPSA) is 33.1 Å². The van der Waals surface area contributed by atoms with Crippen LogP contribution in [0.3, 0.4) is 0 Å². The second-order valence-electron chi connectivity index (χ2n) is 2.43. The molecule has 0 heterocycles. The van der Waals surface area contributed by atoms with E-state index in [0.717, 1.165) is 11.3 Å². The molecule has 0 atom stereocenters. The third kappa shape index (κ3) is 2.08. The molecular weight excluding hydrogens is 138 g/mol. The van der Waals surface area contributed by atoms with Crippen LogP contribution < -0.4 is 10.1 Å². The number of hydrogen-bond acceptors (Lipinski definition) is 2. The molecule has 0 saturated heterocycles. The van der Waals surface area contributed by atoms with Crippen molar-refractivity contribution in [2.24, 2.45) is 0 Å². The molecule has 0 fully saturated rings. The van der Waals surface area contributed by atoms with Crippen LogP contribution in [0.5, 0.6) is 5.75 Å². The standard InChI is InChI=1S/C9H11NO/c1-7-5-8(10)3-4-9(6-7)11-2/h3-6,10H,1-2H3. The van der Waals surface area contributed by atoms with Gasteiger partial charge in [-0.1, -0.05) is 0 Å². The van der Waals surface area contributed by atoms with Crippen molar-refractivity contribution in [2.75, 3.05) is 7.11 Å². The minimum atomic E-state index is 0.505. The Bertz CT molecular complexity index is 307. The van der Waals surface area contributed by atoms with Gasteiger partial charge in [0, 0.05) is 0 Å². The Morgan fingerprint density at radius 3 is 2.64 bits per heavy atom. The van der Waals surface area contributed by atoms with Crippen molar-refractivity contribution in [3.63, 3.8) is 0 Å². The number of hydrogen-bond donors (Lipinski definition) is 1. The Balaban J connectivity index is 3.30. The summed E-state index contributed by atoms with van der Waals surface area (Å²) in [4.78, 5) is 0. The third-order valence-electron chi connectivity index (χ3n) is 1.42. The first-order valence-electron chi connectivity index (χ1n) is 3.43. The van der Waals surface area contributed by atoms with Crippen molar-refractivity contribution in [3.8, 4) is 5.75 Å². The van der Waals surface area contributed by atoms with Crippen molar-refractivity contribution in [3.05, 3.63) is 35.2 Å². The van der Waals surface area contributed by atoms with Crippen molar-refractivity contribution < 1.29 is 4.74 Å². The second kappa shape index (κ2) is 3.19. The van der Waals surface area contributed by atoms with Crippen molar-refractivity contribution in [2.45, 2.75) is 6.92 Å². The van der Waals surface area contributed by atoms with Gasteiger partial charge in [-0.2, -0.15) is 0 Å².